The molecular formula is C17H14N4O2S. The molecule has 2 aromatic carbocycles. The molecule has 24 heavy (non-hydrogen) atoms. The Balaban J connectivity index is 1.87. The number of hydrogen-bond donors (Lipinski definition) is 1. The Labute approximate surface area is 141 Å². The number of imidazole rings is 1. The fourth-order valence-electron chi connectivity index (χ4n) is 2.78. The average molecular weight is 338 g/mol. The molecule has 1 N–H and O–H groups in total. The van der Waals surface area contributed by atoms with E-state index in [0.717, 1.165) is 11.0 Å². The van der Waals surface area contributed by atoms with Crippen molar-refractivity contribution in [2.24, 2.45) is 0 Å². The molecule has 2 heterocycles. The second kappa shape index (κ2) is 6.01. The van der Waals surface area contributed by atoms with E-state index in [4.69, 9.17) is 5.11 Å². The number of aliphatic carboxylic acids is 1. The standard InChI is InChI=1S/C17H14N4O2S/c22-15(23)11-24-17-19-18-16-20(10-12-6-2-1-3-7-12)13-8-4-5-9-14(13)21(16)17/h1-9H,10-11H2,(H,22,23). The number of rotatable bonds is 5. The predicted octanol–water partition coefficient (Wildman–Crippen LogP) is 2.91. The maximum absolute atomic E-state index is 10.9. The highest BCUT2D eigenvalue weighted by atomic mass is 32.2. The summed E-state index contributed by atoms with van der Waals surface area (Å²) < 4.78 is 4.02. The molecule has 0 aliphatic carbocycles. The van der Waals surface area contributed by atoms with Crippen LogP contribution in [0, 0.1) is 0 Å². The Morgan fingerprint density at radius 2 is 1.71 bits per heavy atom. The number of fused-ring (bicyclic) bond motifs is 3. The van der Waals surface area contributed by atoms with Gasteiger partial charge in [-0.05, 0) is 17.7 Å². The Morgan fingerprint density at radius 1 is 1.00 bits per heavy atom. The summed E-state index contributed by atoms with van der Waals surface area (Å²) in [4.78, 5) is 10.9. The van der Waals surface area contributed by atoms with Crippen LogP contribution in [0.3, 0.4) is 0 Å². The lowest BCUT2D eigenvalue weighted by molar-refractivity contribution is -0.133. The molecule has 0 atom stereocenters. The molecule has 0 saturated heterocycles. The van der Waals surface area contributed by atoms with Crippen molar-refractivity contribution in [3.8, 4) is 0 Å². The average Bonchev–Trinajstić information content (AvgIpc) is 3.14. The number of hydrogen-bond acceptors (Lipinski definition) is 4. The van der Waals surface area contributed by atoms with Crippen molar-refractivity contribution in [2.45, 2.75) is 11.7 Å². The zero-order valence-corrected chi connectivity index (χ0v) is 13.5. The smallest absolute Gasteiger partial charge is 0.313 e. The van der Waals surface area contributed by atoms with Gasteiger partial charge in [0, 0.05) is 0 Å². The van der Waals surface area contributed by atoms with Crippen LogP contribution in [-0.4, -0.2) is 36.0 Å². The zero-order valence-electron chi connectivity index (χ0n) is 12.7. The van der Waals surface area contributed by atoms with Gasteiger partial charge in [-0.25, -0.2) is 0 Å². The Bertz CT molecular complexity index is 1020. The first-order valence-corrected chi connectivity index (χ1v) is 8.43. The molecule has 0 aliphatic rings. The van der Waals surface area contributed by atoms with Crippen molar-refractivity contribution < 1.29 is 9.90 Å². The summed E-state index contributed by atoms with van der Waals surface area (Å²) in [6, 6.07) is 18.1. The highest BCUT2D eigenvalue weighted by Gasteiger charge is 2.17. The van der Waals surface area contributed by atoms with Gasteiger partial charge in [0.25, 0.3) is 0 Å². The number of carboxylic acid groups (broad SMARTS) is 1. The topological polar surface area (TPSA) is 72.4 Å². The lowest BCUT2D eigenvalue weighted by Gasteiger charge is -2.04. The first-order chi connectivity index (χ1) is 11.7. The van der Waals surface area contributed by atoms with Crippen LogP contribution in [0.5, 0.6) is 0 Å². The summed E-state index contributed by atoms with van der Waals surface area (Å²) >= 11 is 1.18. The van der Waals surface area contributed by atoms with Gasteiger partial charge in [0.2, 0.25) is 5.78 Å². The summed E-state index contributed by atoms with van der Waals surface area (Å²) in [6.07, 6.45) is 0. The first-order valence-electron chi connectivity index (χ1n) is 7.45. The van der Waals surface area contributed by atoms with Crippen molar-refractivity contribution in [3.63, 3.8) is 0 Å². The van der Waals surface area contributed by atoms with Gasteiger partial charge in [0.15, 0.2) is 5.16 Å². The monoisotopic (exact) mass is 338 g/mol. The third kappa shape index (κ3) is 2.52. The maximum atomic E-state index is 10.9. The summed E-state index contributed by atoms with van der Waals surface area (Å²) in [5, 5.41) is 18.0. The van der Waals surface area contributed by atoms with E-state index in [0.29, 0.717) is 17.5 Å². The summed E-state index contributed by atoms with van der Waals surface area (Å²) in [6.45, 7) is 0.680. The zero-order chi connectivity index (χ0) is 16.5. The predicted molar refractivity (Wildman–Crippen MR) is 92.4 cm³/mol. The second-order valence-electron chi connectivity index (χ2n) is 5.36. The minimum absolute atomic E-state index is 0.0427. The van der Waals surface area contributed by atoms with E-state index in [1.54, 1.807) is 0 Å². The van der Waals surface area contributed by atoms with Crippen molar-refractivity contribution in [1.82, 2.24) is 19.2 Å². The third-order valence-corrected chi connectivity index (χ3v) is 4.69. The molecule has 0 bridgehead atoms. The molecular weight excluding hydrogens is 324 g/mol. The van der Waals surface area contributed by atoms with Crippen LogP contribution >= 0.6 is 11.8 Å². The summed E-state index contributed by atoms with van der Waals surface area (Å²) in [5.41, 5.74) is 3.19. The fourth-order valence-corrected chi connectivity index (χ4v) is 3.44. The number of carboxylic acids is 1. The van der Waals surface area contributed by atoms with E-state index >= 15 is 0 Å². The van der Waals surface area contributed by atoms with Gasteiger partial charge in [-0.2, -0.15) is 0 Å². The van der Waals surface area contributed by atoms with Crippen molar-refractivity contribution in [2.75, 3.05) is 5.75 Å². The SMILES string of the molecule is O=C(O)CSc1nnc2n(Cc3ccccc3)c3ccccc3n12. The van der Waals surface area contributed by atoms with Gasteiger partial charge in [-0.1, -0.05) is 54.2 Å². The van der Waals surface area contributed by atoms with Crippen LogP contribution in [0.25, 0.3) is 16.8 Å². The molecule has 120 valence electrons. The number of thioether (sulfide) groups is 1. The number of para-hydroxylation sites is 2. The molecule has 0 radical (unpaired) electrons. The number of nitrogens with zero attached hydrogens (tertiary/aromatic N) is 4. The molecule has 0 unspecified atom stereocenters. The maximum Gasteiger partial charge on any atom is 0.313 e. The minimum Gasteiger partial charge on any atom is -0.481 e. The molecule has 0 saturated carbocycles. The van der Waals surface area contributed by atoms with Crippen molar-refractivity contribution in [1.29, 1.82) is 0 Å². The van der Waals surface area contributed by atoms with E-state index in [1.807, 2.05) is 46.9 Å². The van der Waals surface area contributed by atoms with Crippen molar-refractivity contribution in [3.05, 3.63) is 60.2 Å². The van der Waals surface area contributed by atoms with E-state index in [-0.39, 0.29) is 5.75 Å². The number of carbonyl (C=O) groups is 1. The van der Waals surface area contributed by atoms with E-state index in [9.17, 15) is 4.79 Å². The van der Waals surface area contributed by atoms with E-state index in [1.165, 1.54) is 17.3 Å². The van der Waals surface area contributed by atoms with Gasteiger partial charge in [0.1, 0.15) is 0 Å². The molecule has 0 spiro atoms. The van der Waals surface area contributed by atoms with Crippen LogP contribution in [0.15, 0.2) is 59.8 Å². The first kappa shape index (κ1) is 14.8. The minimum atomic E-state index is -0.871. The summed E-state index contributed by atoms with van der Waals surface area (Å²) in [7, 11) is 0. The van der Waals surface area contributed by atoms with Crippen molar-refractivity contribution >= 4 is 34.5 Å². The van der Waals surface area contributed by atoms with Crippen LogP contribution < -0.4 is 0 Å². The molecule has 0 amide bonds. The normalized spacial score (nSPS) is 11.3. The molecule has 0 fully saturated rings. The lowest BCUT2D eigenvalue weighted by Crippen LogP contribution is -2.00. The summed E-state index contributed by atoms with van der Waals surface area (Å²) in [5.74, 6) is -0.198. The third-order valence-electron chi connectivity index (χ3n) is 3.78. The van der Waals surface area contributed by atoms with Gasteiger partial charge in [0.05, 0.1) is 23.3 Å². The lowest BCUT2D eigenvalue weighted by atomic mass is 10.2. The Kier molecular flexibility index (Phi) is 3.70. The number of benzene rings is 2. The molecule has 7 heteroatoms. The van der Waals surface area contributed by atoms with E-state index in [2.05, 4.69) is 26.9 Å². The van der Waals surface area contributed by atoms with Gasteiger partial charge in [-0.3, -0.25) is 9.20 Å². The van der Waals surface area contributed by atoms with Crippen LogP contribution in [0.1, 0.15) is 5.56 Å². The van der Waals surface area contributed by atoms with E-state index < -0.39 is 5.97 Å². The van der Waals surface area contributed by atoms with Crippen LogP contribution in [-0.2, 0) is 11.3 Å². The second-order valence-corrected chi connectivity index (χ2v) is 6.30. The largest absolute Gasteiger partial charge is 0.481 e. The quantitative estimate of drug-likeness (QED) is 0.567. The van der Waals surface area contributed by atoms with Gasteiger partial charge >= 0.3 is 5.97 Å². The Morgan fingerprint density at radius 3 is 2.46 bits per heavy atom. The Hall–Kier alpha value is -2.80. The molecule has 0 aliphatic heterocycles. The molecule has 6 nitrogen and oxygen atoms in total. The van der Waals surface area contributed by atoms with Crippen LogP contribution in [0.2, 0.25) is 0 Å². The highest BCUT2D eigenvalue weighted by molar-refractivity contribution is 7.99. The molecule has 2 aromatic heterocycles. The number of aromatic nitrogens is 4. The molecule has 4 aromatic rings. The highest BCUT2D eigenvalue weighted by Crippen LogP contribution is 2.26. The van der Waals surface area contributed by atoms with Gasteiger partial charge in [-0.15, -0.1) is 10.2 Å². The van der Waals surface area contributed by atoms with Gasteiger partial charge < -0.3 is 9.67 Å². The van der Waals surface area contributed by atoms with Crippen LogP contribution in [0.4, 0.5) is 0 Å². The fraction of sp³-hybridized carbons (Fsp3) is 0.118. The molecule has 4 rings (SSSR count).